The first kappa shape index (κ1) is 16.5. The van der Waals surface area contributed by atoms with E-state index in [-0.39, 0.29) is 6.04 Å². The van der Waals surface area contributed by atoms with Crippen molar-refractivity contribution in [2.45, 2.75) is 19.4 Å². The van der Waals surface area contributed by atoms with Crippen molar-refractivity contribution in [1.29, 1.82) is 0 Å². The minimum atomic E-state index is 0.239. The molecule has 2 nitrogen and oxygen atoms in total. The number of benzene rings is 2. The molecule has 21 heavy (non-hydrogen) atoms. The molecule has 4 heteroatoms. The van der Waals surface area contributed by atoms with Gasteiger partial charge in [0.25, 0.3) is 0 Å². The van der Waals surface area contributed by atoms with Crippen molar-refractivity contribution in [3.8, 4) is 5.75 Å². The lowest BCUT2D eigenvalue weighted by Gasteiger charge is -2.20. The van der Waals surface area contributed by atoms with E-state index in [2.05, 4.69) is 68.4 Å². The van der Waals surface area contributed by atoms with Crippen molar-refractivity contribution < 1.29 is 4.74 Å². The Hall–Kier alpha value is -0.840. The lowest BCUT2D eigenvalue weighted by molar-refractivity contribution is 0.413. The first-order chi connectivity index (χ1) is 10.1. The zero-order valence-corrected chi connectivity index (χ0v) is 15.6. The molecule has 0 bridgehead atoms. The Kier molecular flexibility index (Phi) is 5.85. The number of methoxy groups -OCH3 is 1. The van der Waals surface area contributed by atoms with Crippen LogP contribution in [0.15, 0.2) is 45.3 Å². The normalized spacial score (nSPS) is 12.2. The quantitative estimate of drug-likeness (QED) is 0.743. The Balaban J connectivity index is 2.33. The third-order valence-electron chi connectivity index (χ3n) is 3.62. The maximum atomic E-state index is 5.32. The van der Waals surface area contributed by atoms with Gasteiger partial charge in [-0.05, 0) is 55.3 Å². The zero-order valence-electron chi connectivity index (χ0n) is 12.4. The van der Waals surface area contributed by atoms with Crippen molar-refractivity contribution in [1.82, 2.24) is 5.32 Å². The second kappa shape index (κ2) is 7.43. The minimum Gasteiger partial charge on any atom is -0.497 e. The molecule has 0 saturated carbocycles. The second-order valence-electron chi connectivity index (χ2n) is 4.98. The Morgan fingerprint density at radius 1 is 1.19 bits per heavy atom. The van der Waals surface area contributed by atoms with Crippen LogP contribution in [0.2, 0.25) is 0 Å². The Labute approximate surface area is 143 Å². The van der Waals surface area contributed by atoms with Crippen LogP contribution >= 0.6 is 31.9 Å². The van der Waals surface area contributed by atoms with Gasteiger partial charge in [0.15, 0.2) is 0 Å². The third-order valence-corrected chi connectivity index (χ3v) is 5.48. The number of hydrogen-bond acceptors (Lipinski definition) is 2. The topological polar surface area (TPSA) is 21.3 Å². The molecule has 1 atom stereocenters. The maximum absolute atomic E-state index is 5.32. The van der Waals surface area contributed by atoms with E-state index in [1.165, 1.54) is 21.2 Å². The monoisotopic (exact) mass is 411 g/mol. The van der Waals surface area contributed by atoms with Crippen molar-refractivity contribution >= 4 is 31.9 Å². The van der Waals surface area contributed by atoms with Gasteiger partial charge < -0.3 is 10.1 Å². The highest BCUT2D eigenvalue weighted by molar-refractivity contribution is 9.10. The third kappa shape index (κ3) is 3.87. The van der Waals surface area contributed by atoms with E-state index in [4.69, 9.17) is 4.74 Å². The summed E-state index contributed by atoms with van der Waals surface area (Å²) in [7, 11) is 3.69. The van der Waals surface area contributed by atoms with Crippen LogP contribution in [0, 0.1) is 6.92 Å². The van der Waals surface area contributed by atoms with Gasteiger partial charge in [0.1, 0.15) is 5.75 Å². The molecule has 0 aliphatic rings. The Bertz CT molecular complexity index is 628. The number of nitrogens with one attached hydrogen (secondary N) is 1. The van der Waals surface area contributed by atoms with Gasteiger partial charge in [0.05, 0.1) is 7.11 Å². The molecule has 2 aromatic rings. The highest BCUT2D eigenvalue weighted by Gasteiger charge is 2.16. The van der Waals surface area contributed by atoms with Crippen LogP contribution < -0.4 is 10.1 Å². The molecule has 0 radical (unpaired) electrons. The molecule has 0 spiro atoms. The lowest BCUT2D eigenvalue weighted by atomic mass is 9.97. The predicted octanol–water partition coefficient (Wildman–Crippen LogP) is 5.03. The summed E-state index contributed by atoms with van der Waals surface area (Å²) in [6.07, 6.45) is 0.885. The summed E-state index contributed by atoms with van der Waals surface area (Å²) in [6, 6.07) is 12.7. The minimum absolute atomic E-state index is 0.239. The number of hydrogen-bond donors (Lipinski definition) is 1. The molecule has 1 unspecified atom stereocenters. The Morgan fingerprint density at radius 2 is 1.95 bits per heavy atom. The molecular formula is C17H19Br2NO. The Morgan fingerprint density at radius 3 is 2.62 bits per heavy atom. The lowest BCUT2D eigenvalue weighted by Crippen LogP contribution is -2.19. The molecule has 0 amide bonds. The SMILES string of the molecule is CNC(Cc1cc(OC)ccc1Br)c1cccc(C)c1Br. The first-order valence-electron chi connectivity index (χ1n) is 6.81. The number of halogens is 2. The molecular weight excluding hydrogens is 394 g/mol. The summed E-state index contributed by atoms with van der Waals surface area (Å²) in [5, 5.41) is 3.41. The van der Waals surface area contributed by atoms with E-state index in [0.29, 0.717) is 0 Å². The smallest absolute Gasteiger partial charge is 0.119 e. The maximum Gasteiger partial charge on any atom is 0.119 e. The van der Waals surface area contributed by atoms with Gasteiger partial charge in [-0.25, -0.2) is 0 Å². The average molecular weight is 413 g/mol. The van der Waals surface area contributed by atoms with E-state index in [1.807, 2.05) is 19.2 Å². The summed E-state index contributed by atoms with van der Waals surface area (Å²) >= 11 is 7.33. The standard InChI is InChI=1S/C17H19Br2NO/c1-11-5-4-6-14(17(11)19)16(20-2)10-12-9-13(21-3)7-8-15(12)18/h4-9,16,20H,10H2,1-3H3. The van der Waals surface area contributed by atoms with Gasteiger partial charge >= 0.3 is 0 Å². The van der Waals surface area contributed by atoms with E-state index >= 15 is 0 Å². The fourth-order valence-corrected chi connectivity index (χ4v) is 3.31. The molecule has 0 aliphatic heterocycles. The van der Waals surface area contributed by atoms with E-state index in [1.54, 1.807) is 7.11 Å². The van der Waals surface area contributed by atoms with Gasteiger partial charge in [-0.2, -0.15) is 0 Å². The molecule has 0 fully saturated rings. The summed E-state index contributed by atoms with van der Waals surface area (Å²) < 4.78 is 7.60. The predicted molar refractivity (Wildman–Crippen MR) is 95.1 cm³/mol. The summed E-state index contributed by atoms with van der Waals surface area (Å²) in [5.41, 5.74) is 3.74. The highest BCUT2D eigenvalue weighted by atomic mass is 79.9. The van der Waals surface area contributed by atoms with Gasteiger partial charge in [0.2, 0.25) is 0 Å². The summed E-state index contributed by atoms with van der Waals surface area (Å²) in [4.78, 5) is 0. The molecule has 1 N–H and O–H groups in total. The highest BCUT2D eigenvalue weighted by Crippen LogP contribution is 2.31. The zero-order chi connectivity index (χ0) is 15.4. The van der Waals surface area contributed by atoms with Crippen LogP contribution in [0.4, 0.5) is 0 Å². The molecule has 2 rings (SSSR count). The van der Waals surface area contributed by atoms with E-state index in [0.717, 1.165) is 16.6 Å². The molecule has 2 aromatic carbocycles. The number of likely N-dealkylation sites (N-methyl/N-ethyl adjacent to an activating group) is 1. The average Bonchev–Trinajstić information content (AvgIpc) is 2.49. The summed E-state index contributed by atoms with van der Waals surface area (Å²) in [5.74, 6) is 0.881. The fraction of sp³-hybridized carbons (Fsp3) is 0.294. The van der Waals surface area contributed by atoms with E-state index in [9.17, 15) is 0 Å². The first-order valence-corrected chi connectivity index (χ1v) is 8.40. The van der Waals surface area contributed by atoms with Crippen LogP contribution in [-0.2, 0) is 6.42 Å². The number of ether oxygens (including phenoxy) is 1. The number of aryl methyl sites for hydroxylation is 1. The van der Waals surface area contributed by atoms with Crippen LogP contribution in [0.5, 0.6) is 5.75 Å². The summed E-state index contributed by atoms with van der Waals surface area (Å²) in [6.45, 7) is 2.11. The van der Waals surface area contributed by atoms with Crippen molar-refractivity contribution in [3.05, 3.63) is 62.0 Å². The van der Waals surface area contributed by atoms with Crippen molar-refractivity contribution in [2.24, 2.45) is 0 Å². The van der Waals surface area contributed by atoms with Crippen molar-refractivity contribution in [3.63, 3.8) is 0 Å². The van der Waals surface area contributed by atoms with Gasteiger partial charge in [0, 0.05) is 15.0 Å². The molecule has 0 heterocycles. The van der Waals surface area contributed by atoms with Crippen LogP contribution in [0.1, 0.15) is 22.7 Å². The van der Waals surface area contributed by atoms with Crippen molar-refractivity contribution in [2.75, 3.05) is 14.2 Å². The van der Waals surface area contributed by atoms with Gasteiger partial charge in [-0.1, -0.05) is 50.1 Å². The largest absolute Gasteiger partial charge is 0.497 e. The van der Waals surface area contributed by atoms with Gasteiger partial charge in [-0.3, -0.25) is 0 Å². The van der Waals surface area contributed by atoms with Gasteiger partial charge in [-0.15, -0.1) is 0 Å². The van der Waals surface area contributed by atoms with Crippen LogP contribution in [0.3, 0.4) is 0 Å². The van der Waals surface area contributed by atoms with Crippen LogP contribution in [-0.4, -0.2) is 14.2 Å². The fourth-order valence-electron chi connectivity index (χ4n) is 2.36. The molecule has 0 aliphatic carbocycles. The number of rotatable bonds is 5. The van der Waals surface area contributed by atoms with E-state index < -0.39 is 0 Å². The molecule has 0 aromatic heterocycles. The molecule has 0 saturated heterocycles. The molecule has 112 valence electrons. The van der Waals surface area contributed by atoms with Crippen LogP contribution in [0.25, 0.3) is 0 Å². The second-order valence-corrected chi connectivity index (χ2v) is 6.63.